The first-order chi connectivity index (χ1) is 6.17. The molecule has 0 radical (unpaired) electrons. The number of aliphatic hydroxyl groups is 2. The molecule has 80 valence electrons. The van der Waals surface area contributed by atoms with Crippen LogP contribution in [0.5, 0.6) is 0 Å². The van der Waals surface area contributed by atoms with Crippen molar-refractivity contribution in [3.05, 3.63) is 0 Å². The maximum absolute atomic E-state index is 9.55. The van der Waals surface area contributed by atoms with Crippen LogP contribution in [0.3, 0.4) is 0 Å². The Morgan fingerprint density at radius 1 is 1.08 bits per heavy atom. The second-order valence-corrected chi connectivity index (χ2v) is 3.09. The standard InChI is InChI=1S/C9H22N2O2/c1-4-7-10-11(8(12)5-2)9(13)6-3/h8-10,12-13H,4-7H2,1-3H3. The highest BCUT2D eigenvalue weighted by Gasteiger charge is 2.19. The zero-order valence-electron chi connectivity index (χ0n) is 8.82. The van der Waals surface area contributed by atoms with Gasteiger partial charge >= 0.3 is 0 Å². The molecule has 3 N–H and O–H groups in total. The first kappa shape index (κ1) is 12.8. The highest BCUT2D eigenvalue weighted by molar-refractivity contribution is 4.58. The summed E-state index contributed by atoms with van der Waals surface area (Å²) in [4.78, 5) is 0. The van der Waals surface area contributed by atoms with Crippen LogP contribution in [0.25, 0.3) is 0 Å². The Labute approximate surface area is 80.5 Å². The van der Waals surface area contributed by atoms with Crippen LogP contribution < -0.4 is 5.43 Å². The summed E-state index contributed by atoms with van der Waals surface area (Å²) in [6.07, 6.45) is 0.966. The first-order valence-electron chi connectivity index (χ1n) is 5.05. The van der Waals surface area contributed by atoms with Gasteiger partial charge in [0, 0.05) is 6.54 Å². The van der Waals surface area contributed by atoms with Crippen LogP contribution in [0.2, 0.25) is 0 Å². The van der Waals surface area contributed by atoms with E-state index in [1.807, 2.05) is 20.8 Å². The minimum absolute atomic E-state index is 0.605. The van der Waals surface area contributed by atoms with Crippen molar-refractivity contribution >= 4 is 0 Å². The largest absolute Gasteiger partial charge is 0.377 e. The van der Waals surface area contributed by atoms with Crippen molar-refractivity contribution in [3.8, 4) is 0 Å². The van der Waals surface area contributed by atoms with Crippen molar-refractivity contribution in [1.29, 1.82) is 0 Å². The van der Waals surface area contributed by atoms with Gasteiger partial charge < -0.3 is 10.2 Å². The number of nitrogens with zero attached hydrogens (tertiary/aromatic N) is 1. The number of aliphatic hydroxyl groups excluding tert-OH is 2. The Morgan fingerprint density at radius 2 is 1.54 bits per heavy atom. The maximum Gasteiger partial charge on any atom is 0.122 e. The molecule has 0 aromatic heterocycles. The lowest BCUT2D eigenvalue weighted by molar-refractivity contribution is -0.134. The molecule has 4 nitrogen and oxygen atoms in total. The van der Waals surface area contributed by atoms with Gasteiger partial charge in [-0.15, -0.1) is 0 Å². The maximum atomic E-state index is 9.55. The predicted molar refractivity (Wildman–Crippen MR) is 52.7 cm³/mol. The second-order valence-electron chi connectivity index (χ2n) is 3.09. The normalized spacial score (nSPS) is 16.2. The summed E-state index contributed by atoms with van der Waals surface area (Å²) in [5.41, 5.74) is 3.00. The van der Waals surface area contributed by atoms with Crippen LogP contribution in [-0.2, 0) is 0 Å². The predicted octanol–water partition coefficient (Wildman–Crippen LogP) is 0.660. The smallest absolute Gasteiger partial charge is 0.122 e. The van der Waals surface area contributed by atoms with Crippen molar-refractivity contribution in [2.24, 2.45) is 0 Å². The molecule has 2 atom stereocenters. The van der Waals surface area contributed by atoms with E-state index in [1.54, 1.807) is 0 Å². The van der Waals surface area contributed by atoms with Gasteiger partial charge in [-0.2, -0.15) is 5.01 Å². The van der Waals surface area contributed by atoms with Gasteiger partial charge in [-0.1, -0.05) is 20.8 Å². The molecular formula is C9H22N2O2. The fourth-order valence-electron chi connectivity index (χ4n) is 1.04. The molecule has 13 heavy (non-hydrogen) atoms. The molecule has 0 bridgehead atoms. The minimum Gasteiger partial charge on any atom is -0.377 e. The van der Waals surface area contributed by atoms with E-state index in [2.05, 4.69) is 5.43 Å². The lowest BCUT2D eigenvalue weighted by Gasteiger charge is -2.31. The van der Waals surface area contributed by atoms with Crippen molar-refractivity contribution < 1.29 is 10.2 Å². The average molecular weight is 190 g/mol. The summed E-state index contributed by atoms with van der Waals surface area (Å²) < 4.78 is 0. The van der Waals surface area contributed by atoms with E-state index in [4.69, 9.17) is 0 Å². The molecule has 0 aliphatic heterocycles. The molecule has 0 saturated carbocycles. The van der Waals surface area contributed by atoms with E-state index < -0.39 is 12.5 Å². The third-order valence-corrected chi connectivity index (χ3v) is 1.92. The zero-order chi connectivity index (χ0) is 10.3. The zero-order valence-corrected chi connectivity index (χ0v) is 8.82. The van der Waals surface area contributed by atoms with Crippen molar-refractivity contribution in [2.75, 3.05) is 6.54 Å². The summed E-state index contributed by atoms with van der Waals surface area (Å²) in [5.74, 6) is 0. The second kappa shape index (κ2) is 7.26. The first-order valence-corrected chi connectivity index (χ1v) is 5.05. The number of rotatable bonds is 7. The van der Waals surface area contributed by atoms with Gasteiger partial charge in [0.1, 0.15) is 12.5 Å². The number of hydrogen-bond donors (Lipinski definition) is 3. The van der Waals surface area contributed by atoms with Gasteiger partial charge in [-0.25, -0.2) is 0 Å². The monoisotopic (exact) mass is 190 g/mol. The Bertz CT molecular complexity index is 112. The molecular weight excluding hydrogens is 168 g/mol. The van der Waals surface area contributed by atoms with Gasteiger partial charge in [0.2, 0.25) is 0 Å². The van der Waals surface area contributed by atoms with Crippen molar-refractivity contribution in [3.63, 3.8) is 0 Å². The average Bonchev–Trinajstić information content (AvgIpc) is 2.17. The van der Waals surface area contributed by atoms with Gasteiger partial charge in [-0.3, -0.25) is 5.43 Å². The topological polar surface area (TPSA) is 55.7 Å². The fraction of sp³-hybridized carbons (Fsp3) is 1.00. The number of hydrazine groups is 1. The minimum atomic E-state index is -0.610. The number of hydrogen-bond acceptors (Lipinski definition) is 4. The molecule has 0 aliphatic rings. The van der Waals surface area contributed by atoms with Crippen molar-refractivity contribution in [1.82, 2.24) is 10.4 Å². The van der Waals surface area contributed by atoms with E-state index in [0.717, 1.165) is 13.0 Å². The Morgan fingerprint density at radius 3 is 1.85 bits per heavy atom. The van der Waals surface area contributed by atoms with Crippen LogP contribution >= 0.6 is 0 Å². The van der Waals surface area contributed by atoms with Crippen LogP contribution in [-0.4, -0.2) is 34.2 Å². The van der Waals surface area contributed by atoms with Crippen LogP contribution in [0.15, 0.2) is 0 Å². The van der Waals surface area contributed by atoms with Gasteiger partial charge in [-0.05, 0) is 19.3 Å². The van der Waals surface area contributed by atoms with Gasteiger partial charge in [0.05, 0.1) is 0 Å². The number of nitrogens with one attached hydrogen (secondary N) is 1. The highest BCUT2D eigenvalue weighted by Crippen LogP contribution is 2.04. The van der Waals surface area contributed by atoms with Gasteiger partial charge in [0.25, 0.3) is 0 Å². The molecule has 0 aromatic rings. The quantitative estimate of drug-likeness (QED) is 0.408. The third-order valence-electron chi connectivity index (χ3n) is 1.92. The molecule has 0 aliphatic carbocycles. The summed E-state index contributed by atoms with van der Waals surface area (Å²) >= 11 is 0. The van der Waals surface area contributed by atoms with Crippen LogP contribution in [0, 0.1) is 0 Å². The molecule has 0 saturated heterocycles. The third kappa shape index (κ3) is 4.57. The summed E-state index contributed by atoms with van der Waals surface area (Å²) in [5, 5.41) is 20.6. The molecule has 0 amide bonds. The van der Waals surface area contributed by atoms with E-state index in [9.17, 15) is 10.2 Å². The Kier molecular flexibility index (Phi) is 7.17. The van der Waals surface area contributed by atoms with E-state index in [1.165, 1.54) is 5.01 Å². The fourth-order valence-corrected chi connectivity index (χ4v) is 1.04. The lowest BCUT2D eigenvalue weighted by Crippen LogP contribution is -2.51. The molecule has 0 fully saturated rings. The SMILES string of the molecule is CCCNN(C(O)CC)C(O)CC. The summed E-state index contributed by atoms with van der Waals surface area (Å²) in [6.45, 7) is 6.58. The molecule has 0 rings (SSSR count). The Balaban J connectivity index is 4.01. The van der Waals surface area contributed by atoms with E-state index in [-0.39, 0.29) is 0 Å². The van der Waals surface area contributed by atoms with E-state index in [0.29, 0.717) is 12.8 Å². The molecule has 0 heterocycles. The molecule has 0 spiro atoms. The molecule has 2 unspecified atom stereocenters. The summed E-state index contributed by atoms with van der Waals surface area (Å²) in [6, 6.07) is 0. The molecule has 0 aromatic carbocycles. The molecule has 4 heteroatoms. The Hall–Kier alpha value is -0.160. The highest BCUT2D eigenvalue weighted by atomic mass is 16.3. The van der Waals surface area contributed by atoms with Gasteiger partial charge in [0.15, 0.2) is 0 Å². The van der Waals surface area contributed by atoms with Crippen LogP contribution in [0.1, 0.15) is 40.0 Å². The van der Waals surface area contributed by atoms with E-state index >= 15 is 0 Å². The summed E-state index contributed by atoms with van der Waals surface area (Å²) in [7, 11) is 0. The van der Waals surface area contributed by atoms with Crippen LogP contribution in [0.4, 0.5) is 0 Å². The van der Waals surface area contributed by atoms with Crippen molar-refractivity contribution in [2.45, 2.75) is 52.5 Å². The lowest BCUT2D eigenvalue weighted by atomic mass is 10.3.